The highest BCUT2D eigenvalue weighted by molar-refractivity contribution is 5.96. The Balaban J connectivity index is 2.04. The molecule has 4 aromatic carbocycles. The largest absolute Gasteiger partial charge is 0.461 e. The van der Waals surface area contributed by atoms with E-state index in [1.54, 1.807) is 6.07 Å². The lowest BCUT2D eigenvalue weighted by Gasteiger charge is -2.37. The van der Waals surface area contributed by atoms with Crippen LogP contribution < -0.4 is 15.8 Å². The number of carbonyl (C=O) groups excluding carboxylic acids is 2. The predicted octanol–water partition coefficient (Wildman–Crippen LogP) is 7.72. The molecule has 264 valence electrons. The van der Waals surface area contributed by atoms with E-state index < -0.39 is 88.0 Å². The summed E-state index contributed by atoms with van der Waals surface area (Å²) in [6.07, 6.45) is -15.3. The van der Waals surface area contributed by atoms with Gasteiger partial charge in [0.25, 0.3) is 5.91 Å². The number of nitrogens with zero attached hydrogens (tertiary/aromatic N) is 1. The number of nitrogens with one attached hydrogen (secondary N) is 1. The number of carbonyl (C=O) groups is 2. The summed E-state index contributed by atoms with van der Waals surface area (Å²) in [7, 11) is 0. The summed E-state index contributed by atoms with van der Waals surface area (Å²) in [5.41, 5.74) is -1.15. The monoisotopic (exact) mass is 715 g/mol. The van der Waals surface area contributed by atoms with Crippen LogP contribution in [0.1, 0.15) is 49.9 Å². The lowest BCUT2D eigenvalue weighted by Crippen LogP contribution is -2.49. The molecule has 7 nitrogen and oxygen atoms in total. The minimum absolute atomic E-state index is 0.169. The van der Waals surface area contributed by atoms with Gasteiger partial charge in [-0.25, -0.2) is 18.0 Å². The first-order chi connectivity index (χ1) is 23.3. The molecule has 0 saturated carbocycles. The molecule has 0 aliphatic carbocycles. The number of hydrogen-bond acceptors (Lipinski definition) is 5. The SMILES string of the molecule is C/C(N)=N\OC(=O)c1cc([C@@](Cc2ccccc2)(NC(=O)c2ccc(F)c(C(F)(F)F)c2)c2cc(F)cc(OC(F)(F)C(F)F)c2)ccc1F. The Morgan fingerprint density at radius 3 is 2.12 bits per heavy atom. The zero-order valence-electron chi connectivity index (χ0n) is 25.3. The van der Waals surface area contributed by atoms with Crippen molar-refractivity contribution in [3.63, 3.8) is 0 Å². The highest BCUT2D eigenvalue weighted by Crippen LogP contribution is 2.39. The van der Waals surface area contributed by atoms with Gasteiger partial charge < -0.3 is 20.6 Å². The van der Waals surface area contributed by atoms with Crippen molar-refractivity contribution in [2.75, 3.05) is 0 Å². The number of hydrogen-bond donors (Lipinski definition) is 2. The van der Waals surface area contributed by atoms with E-state index in [4.69, 9.17) is 5.73 Å². The van der Waals surface area contributed by atoms with Crippen LogP contribution >= 0.6 is 0 Å². The number of amides is 1. The standard InChI is InChI=1S/C33H23F10N3O4/c1-17(44)46-50-29(48)24-14-20(8-10-26(24)35)31(16-18-5-3-2-4-6-18,21-12-22(34)15-23(13-21)49-33(42,43)30(37)38)45-28(47)19-7-9-27(36)25(11-19)32(39,40)41/h2-15,30H,16H2,1H3,(H2,44,46)(H,45,47)/t31-/m1/s1. The van der Waals surface area contributed by atoms with Crippen molar-refractivity contribution in [2.45, 2.75) is 37.6 Å². The molecule has 3 N–H and O–H groups in total. The van der Waals surface area contributed by atoms with Crippen molar-refractivity contribution in [3.8, 4) is 5.75 Å². The van der Waals surface area contributed by atoms with Crippen molar-refractivity contribution in [1.29, 1.82) is 0 Å². The molecule has 4 aromatic rings. The Morgan fingerprint density at radius 2 is 1.50 bits per heavy atom. The normalized spacial score (nSPS) is 13.5. The second-order valence-corrected chi connectivity index (χ2v) is 10.7. The third kappa shape index (κ3) is 8.51. The van der Waals surface area contributed by atoms with Crippen molar-refractivity contribution in [2.24, 2.45) is 10.9 Å². The van der Waals surface area contributed by atoms with Crippen LogP contribution in [0.4, 0.5) is 43.9 Å². The maximum atomic E-state index is 15.2. The van der Waals surface area contributed by atoms with Crippen LogP contribution in [-0.2, 0) is 23.0 Å². The summed E-state index contributed by atoms with van der Waals surface area (Å²) in [4.78, 5) is 31.2. The van der Waals surface area contributed by atoms with E-state index in [0.717, 1.165) is 12.1 Å². The van der Waals surface area contributed by atoms with Crippen molar-refractivity contribution < 1.29 is 63.1 Å². The first-order valence-corrected chi connectivity index (χ1v) is 14.0. The molecule has 0 unspecified atom stereocenters. The molecule has 1 atom stereocenters. The minimum atomic E-state index is -5.26. The Hall–Kier alpha value is -5.61. The molecule has 0 aromatic heterocycles. The fourth-order valence-electron chi connectivity index (χ4n) is 4.79. The van der Waals surface area contributed by atoms with E-state index in [2.05, 4.69) is 20.0 Å². The summed E-state index contributed by atoms with van der Waals surface area (Å²) in [5.74, 6) is -8.62. The van der Waals surface area contributed by atoms with Crippen LogP contribution in [0.25, 0.3) is 0 Å². The van der Waals surface area contributed by atoms with E-state index in [1.807, 2.05) is 0 Å². The van der Waals surface area contributed by atoms with Crippen LogP contribution in [0, 0.1) is 17.5 Å². The highest BCUT2D eigenvalue weighted by Gasteiger charge is 2.45. The van der Waals surface area contributed by atoms with Gasteiger partial charge in [-0.1, -0.05) is 41.6 Å². The molecule has 0 heterocycles. The molecule has 0 fully saturated rings. The van der Waals surface area contributed by atoms with Crippen molar-refractivity contribution in [3.05, 3.63) is 136 Å². The molecule has 17 heteroatoms. The summed E-state index contributed by atoms with van der Waals surface area (Å²) in [6, 6.07) is 12.7. The second-order valence-electron chi connectivity index (χ2n) is 10.7. The number of nitrogens with two attached hydrogens (primary N) is 1. The van der Waals surface area contributed by atoms with Crippen LogP contribution in [0.2, 0.25) is 0 Å². The average Bonchev–Trinajstić information content (AvgIpc) is 3.03. The maximum absolute atomic E-state index is 15.2. The molecule has 0 aliphatic rings. The van der Waals surface area contributed by atoms with Gasteiger partial charge in [0.05, 0.1) is 16.7 Å². The fourth-order valence-corrected chi connectivity index (χ4v) is 4.79. The second kappa shape index (κ2) is 14.5. The van der Waals surface area contributed by atoms with Crippen LogP contribution in [0.15, 0.2) is 90.1 Å². The number of amidine groups is 1. The van der Waals surface area contributed by atoms with E-state index in [0.29, 0.717) is 36.4 Å². The lowest BCUT2D eigenvalue weighted by atomic mass is 9.77. The predicted molar refractivity (Wildman–Crippen MR) is 157 cm³/mol. The van der Waals surface area contributed by atoms with Crippen LogP contribution in [0.3, 0.4) is 0 Å². The smallest absolute Gasteiger partial charge is 0.428 e. The van der Waals surface area contributed by atoms with Gasteiger partial charge in [-0.05, 0) is 66.1 Å². The molecule has 4 rings (SSSR count). The summed E-state index contributed by atoms with van der Waals surface area (Å²) < 4.78 is 143. The average molecular weight is 716 g/mol. The molecular formula is C33H23F10N3O4. The topological polar surface area (TPSA) is 103 Å². The van der Waals surface area contributed by atoms with E-state index in [9.17, 15) is 44.7 Å². The zero-order chi connectivity index (χ0) is 37.0. The quantitative estimate of drug-likeness (QED) is 0.0545. The van der Waals surface area contributed by atoms with Gasteiger partial charge in [0.2, 0.25) is 0 Å². The Bertz CT molecular complexity index is 1920. The van der Waals surface area contributed by atoms with Gasteiger partial charge >= 0.3 is 24.7 Å². The van der Waals surface area contributed by atoms with Crippen molar-refractivity contribution in [1.82, 2.24) is 5.32 Å². The lowest BCUT2D eigenvalue weighted by molar-refractivity contribution is -0.253. The molecular weight excluding hydrogens is 692 g/mol. The zero-order valence-corrected chi connectivity index (χ0v) is 25.3. The van der Waals surface area contributed by atoms with Gasteiger partial charge in [0, 0.05) is 18.1 Å². The summed E-state index contributed by atoms with van der Waals surface area (Å²) in [6.45, 7) is 1.22. The first kappa shape index (κ1) is 37.2. The third-order valence-electron chi connectivity index (χ3n) is 7.00. The van der Waals surface area contributed by atoms with Gasteiger partial charge in [-0.2, -0.15) is 30.7 Å². The number of alkyl halides is 7. The van der Waals surface area contributed by atoms with E-state index in [1.165, 1.54) is 31.2 Å². The van der Waals surface area contributed by atoms with Gasteiger partial charge in [0.1, 0.15) is 29.0 Å². The molecule has 1 amide bonds. The Labute approximate surface area is 276 Å². The Morgan fingerprint density at radius 1 is 0.840 bits per heavy atom. The summed E-state index contributed by atoms with van der Waals surface area (Å²) >= 11 is 0. The molecule has 50 heavy (non-hydrogen) atoms. The molecule has 0 radical (unpaired) electrons. The Kier molecular flexibility index (Phi) is 10.8. The van der Waals surface area contributed by atoms with Gasteiger partial charge in [-0.15, -0.1) is 0 Å². The molecule has 0 bridgehead atoms. The highest BCUT2D eigenvalue weighted by atomic mass is 19.4. The minimum Gasteiger partial charge on any atom is -0.428 e. The molecule has 0 spiro atoms. The van der Waals surface area contributed by atoms with Crippen LogP contribution in [-0.4, -0.2) is 30.2 Å². The van der Waals surface area contributed by atoms with Crippen molar-refractivity contribution >= 4 is 17.7 Å². The number of oxime groups is 1. The number of ether oxygens (including phenoxy) is 1. The third-order valence-corrected chi connectivity index (χ3v) is 7.00. The first-order valence-electron chi connectivity index (χ1n) is 14.0. The molecule has 0 saturated heterocycles. The number of benzene rings is 4. The maximum Gasteiger partial charge on any atom is 0.461 e. The fraction of sp³-hybridized carbons (Fsp3) is 0.182. The molecule has 0 aliphatic heterocycles. The summed E-state index contributed by atoms with van der Waals surface area (Å²) in [5, 5.41) is 5.64. The van der Waals surface area contributed by atoms with E-state index in [-0.39, 0.29) is 23.0 Å². The van der Waals surface area contributed by atoms with Gasteiger partial charge in [0.15, 0.2) is 0 Å². The van der Waals surface area contributed by atoms with E-state index >= 15 is 8.78 Å². The number of rotatable bonds is 11. The van der Waals surface area contributed by atoms with Gasteiger partial charge in [-0.3, -0.25) is 4.79 Å². The van der Waals surface area contributed by atoms with Crippen LogP contribution in [0.5, 0.6) is 5.75 Å². The number of halogens is 10.